The first-order chi connectivity index (χ1) is 13.2. The van der Waals surface area contributed by atoms with Gasteiger partial charge in [-0.1, -0.05) is 52.3 Å². The molecule has 1 fully saturated rings. The van der Waals surface area contributed by atoms with Crippen molar-refractivity contribution in [3.05, 3.63) is 88.9 Å². The Labute approximate surface area is 166 Å². The number of hydrogen-bond donors (Lipinski definition) is 1. The molecule has 0 aromatic heterocycles. The highest BCUT2D eigenvalue weighted by atomic mass is 79.9. The number of benzene rings is 3. The van der Waals surface area contributed by atoms with Crippen molar-refractivity contribution in [2.24, 2.45) is 0 Å². The largest absolute Gasteiger partial charge is 0.335 e. The zero-order valence-corrected chi connectivity index (χ0v) is 16.2. The molecule has 2 aliphatic heterocycles. The molecule has 5 heteroatoms. The van der Waals surface area contributed by atoms with E-state index in [1.54, 1.807) is 0 Å². The minimum Gasteiger partial charge on any atom is -0.335 e. The second-order valence-corrected chi connectivity index (χ2v) is 7.71. The molecule has 27 heavy (non-hydrogen) atoms. The molecule has 3 aromatic carbocycles. The molecular weight excluding hydrogens is 402 g/mol. The minimum atomic E-state index is -0.901. The van der Waals surface area contributed by atoms with E-state index in [1.807, 2.05) is 48.5 Å². The summed E-state index contributed by atoms with van der Waals surface area (Å²) >= 11 is 3.59. The van der Waals surface area contributed by atoms with Crippen molar-refractivity contribution in [3.63, 3.8) is 0 Å². The number of halogens is 1. The summed E-state index contributed by atoms with van der Waals surface area (Å²) in [6.45, 7) is 1.52. The maximum absolute atomic E-state index is 13.5. The van der Waals surface area contributed by atoms with Crippen molar-refractivity contribution in [1.29, 1.82) is 0 Å². The lowest BCUT2D eigenvalue weighted by Gasteiger charge is -2.41. The molecule has 0 radical (unpaired) electrons. The molecule has 1 amide bonds. The summed E-state index contributed by atoms with van der Waals surface area (Å²) in [4.78, 5) is 18.0. The quantitative estimate of drug-likeness (QED) is 0.659. The Kier molecular flexibility index (Phi) is 3.72. The van der Waals surface area contributed by atoms with E-state index < -0.39 is 5.66 Å². The van der Waals surface area contributed by atoms with Gasteiger partial charge in [-0.15, -0.1) is 0 Å². The molecule has 0 unspecified atom stereocenters. The van der Waals surface area contributed by atoms with Crippen LogP contribution < -0.4 is 15.1 Å². The van der Waals surface area contributed by atoms with Gasteiger partial charge in [0, 0.05) is 40.2 Å². The number of hydrogen-bond acceptors (Lipinski definition) is 3. The van der Waals surface area contributed by atoms with Gasteiger partial charge in [0.2, 0.25) is 5.66 Å². The number of carbonyl (C=O) groups is 1. The Morgan fingerprint density at radius 1 is 0.815 bits per heavy atom. The molecule has 2 aliphatic rings. The smallest absolute Gasteiger partial charge is 0.276 e. The lowest BCUT2D eigenvalue weighted by atomic mass is 9.97. The van der Waals surface area contributed by atoms with E-state index in [4.69, 9.17) is 0 Å². The monoisotopic (exact) mass is 419 g/mol. The Bertz CT molecular complexity index is 959. The number of anilines is 3. The molecule has 0 bridgehead atoms. The molecule has 1 saturated heterocycles. The molecule has 2 heterocycles. The fourth-order valence-corrected chi connectivity index (χ4v) is 4.66. The predicted molar refractivity (Wildman–Crippen MR) is 112 cm³/mol. The van der Waals surface area contributed by atoms with Crippen molar-refractivity contribution in [2.75, 3.05) is 28.2 Å². The Morgan fingerprint density at radius 3 is 1.93 bits per heavy atom. The van der Waals surface area contributed by atoms with Crippen LogP contribution in [0.1, 0.15) is 5.56 Å². The van der Waals surface area contributed by atoms with Gasteiger partial charge in [-0.3, -0.25) is 4.79 Å². The molecule has 134 valence electrons. The predicted octanol–water partition coefficient (Wildman–Crippen LogP) is 4.58. The second-order valence-electron chi connectivity index (χ2n) is 6.79. The van der Waals surface area contributed by atoms with Crippen molar-refractivity contribution < 1.29 is 4.79 Å². The SMILES string of the molecule is O=C1Nc2ccc(Br)cc2C12N(c1ccccc1)CCN2c1ccccc1. The van der Waals surface area contributed by atoms with E-state index in [0.717, 1.165) is 40.2 Å². The fraction of sp³-hybridized carbons (Fsp3) is 0.136. The first-order valence-electron chi connectivity index (χ1n) is 8.98. The van der Waals surface area contributed by atoms with E-state index in [2.05, 4.69) is 61.4 Å². The number of nitrogens with zero attached hydrogens (tertiary/aromatic N) is 2. The summed E-state index contributed by atoms with van der Waals surface area (Å²) in [7, 11) is 0. The van der Waals surface area contributed by atoms with Crippen LogP contribution in [0, 0.1) is 0 Å². The zero-order valence-electron chi connectivity index (χ0n) is 14.6. The average Bonchev–Trinajstić information content (AvgIpc) is 3.24. The number of amides is 1. The van der Waals surface area contributed by atoms with Gasteiger partial charge in [-0.05, 0) is 42.5 Å². The first kappa shape index (κ1) is 16.4. The van der Waals surface area contributed by atoms with Crippen molar-refractivity contribution in [3.8, 4) is 0 Å². The third-order valence-corrected chi connectivity index (χ3v) is 5.88. The number of fused-ring (bicyclic) bond motifs is 2. The van der Waals surface area contributed by atoms with Crippen LogP contribution in [-0.2, 0) is 10.5 Å². The van der Waals surface area contributed by atoms with E-state index in [0.29, 0.717) is 0 Å². The van der Waals surface area contributed by atoms with Crippen LogP contribution in [0.5, 0.6) is 0 Å². The van der Waals surface area contributed by atoms with Gasteiger partial charge in [-0.2, -0.15) is 0 Å². The molecule has 1 N–H and O–H groups in total. The van der Waals surface area contributed by atoms with Crippen LogP contribution >= 0.6 is 15.9 Å². The van der Waals surface area contributed by atoms with Crippen LogP contribution in [0.4, 0.5) is 17.1 Å². The van der Waals surface area contributed by atoms with E-state index >= 15 is 0 Å². The van der Waals surface area contributed by atoms with Crippen molar-refractivity contribution >= 4 is 38.9 Å². The Hall–Kier alpha value is -2.79. The van der Waals surface area contributed by atoms with Crippen LogP contribution in [0.3, 0.4) is 0 Å². The Morgan fingerprint density at radius 2 is 1.37 bits per heavy atom. The normalized spacial score (nSPS) is 17.3. The molecule has 4 nitrogen and oxygen atoms in total. The fourth-order valence-electron chi connectivity index (χ4n) is 4.30. The van der Waals surface area contributed by atoms with Gasteiger partial charge in [0.05, 0.1) is 0 Å². The highest BCUT2D eigenvalue weighted by Crippen LogP contribution is 2.49. The van der Waals surface area contributed by atoms with Gasteiger partial charge in [0.25, 0.3) is 5.91 Å². The summed E-state index contributed by atoms with van der Waals surface area (Å²) in [5, 5.41) is 3.11. The van der Waals surface area contributed by atoms with Crippen molar-refractivity contribution in [1.82, 2.24) is 0 Å². The molecule has 1 spiro atoms. The summed E-state index contributed by atoms with van der Waals surface area (Å²) in [5.74, 6) is -0.0131. The molecule has 3 aromatic rings. The molecule has 0 aliphatic carbocycles. The van der Waals surface area contributed by atoms with Gasteiger partial charge in [-0.25, -0.2) is 0 Å². The van der Waals surface area contributed by atoms with Crippen LogP contribution in [0.15, 0.2) is 83.3 Å². The van der Waals surface area contributed by atoms with Gasteiger partial charge < -0.3 is 15.1 Å². The number of para-hydroxylation sites is 2. The zero-order chi connectivity index (χ0) is 18.4. The number of nitrogens with one attached hydrogen (secondary N) is 1. The van der Waals surface area contributed by atoms with Gasteiger partial charge >= 0.3 is 0 Å². The maximum atomic E-state index is 13.5. The number of carbonyl (C=O) groups excluding carboxylic acids is 1. The Balaban J connectivity index is 1.77. The third-order valence-electron chi connectivity index (χ3n) is 5.39. The van der Waals surface area contributed by atoms with Crippen LogP contribution in [0.2, 0.25) is 0 Å². The van der Waals surface area contributed by atoms with Crippen molar-refractivity contribution in [2.45, 2.75) is 5.66 Å². The topological polar surface area (TPSA) is 35.6 Å². The second kappa shape index (κ2) is 6.13. The lowest BCUT2D eigenvalue weighted by Crippen LogP contribution is -2.56. The summed E-state index contributed by atoms with van der Waals surface area (Å²) in [5.41, 5.74) is 3.03. The molecule has 0 atom stereocenters. The molecular formula is C22H18BrN3O. The first-order valence-corrected chi connectivity index (χ1v) is 9.77. The molecule has 0 saturated carbocycles. The maximum Gasteiger partial charge on any atom is 0.276 e. The lowest BCUT2D eigenvalue weighted by molar-refractivity contribution is -0.120. The summed E-state index contributed by atoms with van der Waals surface area (Å²) < 4.78 is 0.963. The van der Waals surface area contributed by atoms with Crippen LogP contribution in [-0.4, -0.2) is 19.0 Å². The van der Waals surface area contributed by atoms with E-state index in [1.165, 1.54) is 0 Å². The third kappa shape index (κ3) is 2.31. The van der Waals surface area contributed by atoms with E-state index in [-0.39, 0.29) is 5.91 Å². The highest BCUT2D eigenvalue weighted by molar-refractivity contribution is 9.10. The van der Waals surface area contributed by atoms with E-state index in [9.17, 15) is 4.79 Å². The summed E-state index contributed by atoms with van der Waals surface area (Å²) in [6, 6.07) is 26.3. The number of rotatable bonds is 2. The van der Waals surface area contributed by atoms with Crippen LogP contribution in [0.25, 0.3) is 0 Å². The molecule has 5 rings (SSSR count). The highest BCUT2D eigenvalue weighted by Gasteiger charge is 2.59. The summed E-state index contributed by atoms with van der Waals surface area (Å²) in [6.07, 6.45) is 0. The average molecular weight is 420 g/mol. The van der Waals surface area contributed by atoms with Gasteiger partial charge in [0.15, 0.2) is 0 Å². The standard InChI is InChI=1S/C22H18BrN3O/c23-16-11-12-20-19(15-16)22(21(27)24-20)25(17-7-3-1-4-8-17)13-14-26(22)18-9-5-2-6-10-18/h1-12,15H,13-14H2,(H,24,27). The minimum absolute atomic E-state index is 0.0131. The van der Waals surface area contributed by atoms with Gasteiger partial charge in [0.1, 0.15) is 0 Å².